The van der Waals surface area contributed by atoms with Crippen LogP contribution in [0.5, 0.6) is 0 Å². The van der Waals surface area contributed by atoms with Crippen LogP contribution >= 0.6 is 15.9 Å². The van der Waals surface area contributed by atoms with Gasteiger partial charge in [0.1, 0.15) is 17.1 Å². The third-order valence-electron chi connectivity index (χ3n) is 6.33. The predicted molar refractivity (Wildman–Crippen MR) is 117 cm³/mol. The van der Waals surface area contributed by atoms with Crippen LogP contribution < -0.4 is 0 Å². The van der Waals surface area contributed by atoms with Gasteiger partial charge in [0.15, 0.2) is 5.78 Å². The molecule has 2 aliphatic rings. The number of nitrogens with zero attached hydrogens (tertiary/aromatic N) is 2. The highest BCUT2D eigenvalue weighted by Gasteiger charge is 2.43. The summed E-state index contributed by atoms with van der Waals surface area (Å²) >= 11 is 3.41. The van der Waals surface area contributed by atoms with Crippen molar-refractivity contribution in [1.29, 1.82) is 0 Å². The summed E-state index contributed by atoms with van der Waals surface area (Å²) in [5.41, 5.74) is 2.42. The summed E-state index contributed by atoms with van der Waals surface area (Å²) in [6.07, 6.45) is 4.29. The SMILES string of the molecule is Cc1onc(-c2ccc(Br)cc2)c1C(=O)c1c[nH]c(C(=O)N2[C@@H]3CC[C@H]2CC(O)C3)c1. The van der Waals surface area contributed by atoms with Gasteiger partial charge in [-0.1, -0.05) is 33.2 Å². The number of hydrogen-bond acceptors (Lipinski definition) is 5. The molecule has 160 valence electrons. The number of fused-ring (bicyclic) bond motifs is 2. The van der Waals surface area contributed by atoms with Crippen LogP contribution in [0.2, 0.25) is 0 Å². The number of aromatic nitrogens is 2. The van der Waals surface area contributed by atoms with Gasteiger partial charge in [-0.15, -0.1) is 0 Å². The zero-order valence-electron chi connectivity index (χ0n) is 17.0. The largest absolute Gasteiger partial charge is 0.393 e. The Bertz CT molecular complexity index is 1140. The molecule has 1 unspecified atom stereocenters. The van der Waals surface area contributed by atoms with Gasteiger partial charge in [-0.2, -0.15) is 0 Å². The number of piperidine rings is 1. The number of carbonyl (C=O) groups excluding carboxylic acids is 2. The second kappa shape index (κ2) is 7.76. The molecule has 4 heterocycles. The number of aromatic amines is 1. The van der Waals surface area contributed by atoms with E-state index in [1.54, 1.807) is 19.2 Å². The van der Waals surface area contributed by atoms with E-state index in [0.29, 0.717) is 41.1 Å². The number of halogens is 1. The fourth-order valence-electron chi connectivity index (χ4n) is 4.86. The zero-order valence-corrected chi connectivity index (χ0v) is 18.6. The van der Waals surface area contributed by atoms with Crippen LogP contribution in [-0.4, -0.2) is 50.0 Å². The molecule has 8 heteroatoms. The molecule has 2 N–H and O–H groups in total. The average molecular weight is 484 g/mol. The third kappa shape index (κ3) is 3.53. The maximum absolute atomic E-state index is 13.3. The van der Waals surface area contributed by atoms with Gasteiger partial charge in [0, 0.05) is 33.9 Å². The number of benzene rings is 1. The summed E-state index contributed by atoms with van der Waals surface area (Å²) in [5.74, 6) is 0.0673. The normalized spacial score (nSPS) is 22.7. The minimum absolute atomic E-state index is 0.0630. The fraction of sp³-hybridized carbons (Fsp3) is 0.348. The molecule has 2 bridgehead atoms. The summed E-state index contributed by atoms with van der Waals surface area (Å²) in [5, 5.41) is 14.1. The first-order valence-electron chi connectivity index (χ1n) is 10.4. The lowest BCUT2D eigenvalue weighted by molar-refractivity contribution is 0.0283. The summed E-state index contributed by atoms with van der Waals surface area (Å²) in [7, 11) is 0. The highest BCUT2D eigenvalue weighted by molar-refractivity contribution is 9.10. The number of aliphatic hydroxyl groups excluding tert-OH is 1. The minimum atomic E-state index is -0.337. The maximum Gasteiger partial charge on any atom is 0.270 e. The number of rotatable bonds is 4. The second-order valence-corrected chi connectivity index (χ2v) is 9.24. The maximum atomic E-state index is 13.3. The van der Waals surface area contributed by atoms with Gasteiger partial charge < -0.3 is 19.5 Å². The number of carbonyl (C=O) groups is 2. The van der Waals surface area contributed by atoms with Crippen LogP contribution in [0, 0.1) is 6.92 Å². The number of nitrogens with one attached hydrogen (secondary N) is 1. The zero-order chi connectivity index (χ0) is 21.7. The van der Waals surface area contributed by atoms with Crippen molar-refractivity contribution in [2.75, 3.05) is 0 Å². The van der Waals surface area contributed by atoms with E-state index >= 15 is 0 Å². The van der Waals surface area contributed by atoms with E-state index in [2.05, 4.69) is 26.1 Å². The van der Waals surface area contributed by atoms with Gasteiger partial charge in [0.25, 0.3) is 5.91 Å². The van der Waals surface area contributed by atoms with Crippen molar-refractivity contribution in [3.8, 4) is 11.3 Å². The number of amides is 1. The number of ketones is 1. The Morgan fingerprint density at radius 2 is 1.87 bits per heavy atom. The highest BCUT2D eigenvalue weighted by Crippen LogP contribution is 2.37. The van der Waals surface area contributed by atoms with Gasteiger partial charge in [-0.25, -0.2) is 0 Å². The number of H-pyrrole nitrogens is 1. The van der Waals surface area contributed by atoms with Crippen LogP contribution in [0.4, 0.5) is 0 Å². The van der Waals surface area contributed by atoms with E-state index in [-0.39, 0.29) is 29.9 Å². The van der Waals surface area contributed by atoms with Crippen molar-refractivity contribution in [2.45, 2.75) is 50.8 Å². The quantitative estimate of drug-likeness (QED) is 0.544. The molecule has 2 aromatic heterocycles. The molecule has 0 aliphatic carbocycles. The van der Waals surface area contributed by atoms with Crippen LogP contribution in [0.1, 0.15) is 57.9 Å². The average Bonchev–Trinajstić information content (AvgIpc) is 3.45. The van der Waals surface area contributed by atoms with Gasteiger partial charge in [-0.05, 0) is 50.8 Å². The molecule has 2 saturated heterocycles. The van der Waals surface area contributed by atoms with E-state index in [9.17, 15) is 14.7 Å². The number of aryl methyl sites for hydroxylation is 1. The first-order valence-corrected chi connectivity index (χ1v) is 11.2. The van der Waals surface area contributed by atoms with Crippen molar-refractivity contribution in [2.24, 2.45) is 0 Å². The Morgan fingerprint density at radius 1 is 1.19 bits per heavy atom. The van der Waals surface area contributed by atoms with Gasteiger partial charge in [-0.3, -0.25) is 9.59 Å². The number of hydrogen-bond donors (Lipinski definition) is 2. The highest BCUT2D eigenvalue weighted by atomic mass is 79.9. The molecule has 3 aromatic rings. The van der Waals surface area contributed by atoms with E-state index < -0.39 is 0 Å². The summed E-state index contributed by atoms with van der Waals surface area (Å²) in [6, 6.07) is 9.22. The molecule has 2 fully saturated rings. The van der Waals surface area contributed by atoms with Crippen molar-refractivity contribution < 1.29 is 19.2 Å². The van der Waals surface area contributed by atoms with Gasteiger partial charge >= 0.3 is 0 Å². The Labute approximate surface area is 187 Å². The summed E-state index contributed by atoms with van der Waals surface area (Å²) in [4.78, 5) is 31.3. The lowest BCUT2D eigenvalue weighted by Gasteiger charge is -2.36. The summed E-state index contributed by atoms with van der Waals surface area (Å²) in [6.45, 7) is 1.71. The lowest BCUT2D eigenvalue weighted by atomic mass is 9.98. The predicted octanol–water partition coefficient (Wildman–Crippen LogP) is 4.10. The van der Waals surface area contributed by atoms with Crippen LogP contribution in [0.3, 0.4) is 0 Å². The standard InChI is InChI=1S/C23H22BrN3O4/c1-12-20(21(26-31-12)13-2-4-15(24)5-3-13)22(29)14-8-19(25-11-14)23(30)27-16-6-7-17(27)10-18(28)9-16/h2-5,8,11,16-18,25,28H,6-7,9-10H2,1H3/t16-,17+,18?. The first-order chi connectivity index (χ1) is 14.9. The lowest BCUT2D eigenvalue weighted by Crippen LogP contribution is -2.48. The first kappa shape index (κ1) is 20.2. The molecule has 1 aromatic carbocycles. The van der Waals surface area contributed by atoms with E-state index in [1.165, 1.54) is 0 Å². The molecular weight excluding hydrogens is 462 g/mol. The molecule has 0 spiro atoms. The minimum Gasteiger partial charge on any atom is -0.393 e. The molecule has 5 rings (SSSR count). The molecule has 7 nitrogen and oxygen atoms in total. The topological polar surface area (TPSA) is 99.4 Å². The Morgan fingerprint density at radius 3 is 2.55 bits per heavy atom. The van der Waals surface area contributed by atoms with Crippen molar-refractivity contribution >= 4 is 27.6 Å². The van der Waals surface area contributed by atoms with Crippen molar-refractivity contribution in [1.82, 2.24) is 15.0 Å². The van der Waals surface area contributed by atoms with E-state index in [1.807, 2.05) is 29.2 Å². The summed E-state index contributed by atoms with van der Waals surface area (Å²) < 4.78 is 6.26. The Hall–Kier alpha value is -2.71. The van der Waals surface area contributed by atoms with Crippen molar-refractivity contribution in [3.05, 3.63) is 63.6 Å². The monoisotopic (exact) mass is 483 g/mol. The molecule has 3 atom stereocenters. The molecular formula is C23H22BrN3O4. The second-order valence-electron chi connectivity index (χ2n) is 8.32. The van der Waals surface area contributed by atoms with Crippen LogP contribution in [0.25, 0.3) is 11.3 Å². The fourth-order valence-corrected chi connectivity index (χ4v) is 5.12. The third-order valence-corrected chi connectivity index (χ3v) is 6.85. The molecule has 0 saturated carbocycles. The van der Waals surface area contributed by atoms with Crippen LogP contribution in [-0.2, 0) is 0 Å². The Balaban J connectivity index is 1.42. The molecule has 2 aliphatic heterocycles. The Kier molecular flexibility index (Phi) is 5.06. The van der Waals surface area contributed by atoms with Gasteiger partial charge in [0.05, 0.1) is 11.7 Å². The van der Waals surface area contributed by atoms with E-state index in [4.69, 9.17) is 4.52 Å². The van der Waals surface area contributed by atoms with Gasteiger partial charge in [0.2, 0.25) is 0 Å². The molecule has 31 heavy (non-hydrogen) atoms. The molecule has 0 radical (unpaired) electrons. The van der Waals surface area contributed by atoms with Crippen molar-refractivity contribution in [3.63, 3.8) is 0 Å². The molecule has 1 amide bonds. The smallest absolute Gasteiger partial charge is 0.270 e. The van der Waals surface area contributed by atoms with Crippen LogP contribution in [0.15, 0.2) is 45.5 Å². The van der Waals surface area contributed by atoms with E-state index in [0.717, 1.165) is 22.9 Å². The number of aliphatic hydroxyl groups is 1.